The van der Waals surface area contributed by atoms with Crippen LogP contribution in [0.5, 0.6) is 0 Å². The highest BCUT2D eigenvalue weighted by molar-refractivity contribution is 5.76. The topological polar surface area (TPSA) is 89.4 Å². The lowest BCUT2D eigenvalue weighted by atomic mass is 10.1. The molecule has 0 atom stereocenters. The number of amides is 2. The lowest BCUT2D eigenvalue weighted by Gasteiger charge is -2.20. The molecule has 1 saturated heterocycles. The van der Waals surface area contributed by atoms with Crippen LogP contribution in [0.4, 0.5) is 5.69 Å². The van der Waals surface area contributed by atoms with Crippen LogP contribution >= 0.6 is 0 Å². The van der Waals surface area contributed by atoms with E-state index >= 15 is 0 Å². The Morgan fingerprint density at radius 3 is 1.96 bits per heavy atom. The Morgan fingerprint density at radius 1 is 0.960 bits per heavy atom. The van der Waals surface area contributed by atoms with Crippen molar-refractivity contribution in [3.05, 3.63) is 29.3 Å². The zero-order valence-corrected chi connectivity index (χ0v) is 15.7. The van der Waals surface area contributed by atoms with Crippen LogP contribution in [0.25, 0.3) is 0 Å². The van der Waals surface area contributed by atoms with Crippen molar-refractivity contribution < 1.29 is 9.59 Å². The lowest BCUT2D eigenvalue weighted by molar-refractivity contribution is -0.131. The summed E-state index contributed by atoms with van der Waals surface area (Å²) in [4.78, 5) is 24.3. The second-order valence-electron chi connectivity index (χ2n) is 6.77. The molecule has 0 aliphatic carbocycles. The van der Waals surface area contributed by atoms with Crippen molar-refractivity contribution in [2.75, 3.05) is 18.8 Å². The molecule has 1 fully saturated rings. The van der Waals surface area contributed by atoms with Gasteiger partial charge in [-0.05, 0) is 50.7 Å². The molecule has 1 aliphatic rings. The fourth-order valence-corrected chi connectivity index (χ4v) is 2.88. The largest absolute Gasteiger partial charge is 0.398 e. The van der Waals surface area contributed by atoms with Crippen molar-refractivity contribution in [1.82, 2.24) is 4.90 Å². The maximum absolute atomic E-state index is 11.8. The van der Waals surface area contributed by atoms with Gasteiger partial charge in [0.15, 0.2) is 0 Å². The molecule has 1 aromatic rings. The second-order valence-corrected chi connectivity index (χ2v) is 6.77. The van der Waals surface area contributed by atoms with Crippen LogP contribution in [0, 0.1) is 13.8 Å². The van der Waals surface area contributed by atoms with E-state index in [0.29, 0.717) is 12.8 Å². The molecule has 0 saturated carbocycles. The number of anilines is 1. The SMILES string of the molecule is Cc1cccc(C)c1N.NC(=O)CCCCC(=O)N1CCCCCC1. The summed E-state index contributed by atoms with van der Waals surface area (Å²) in [6.45, 7) is 5.86. The van der Waals surface area contributed by atoms with Gasteiger partial charge in [-0.15, -0.1) is 0 Å². The third-order valence-electron chi connectivity index (χ3n) is 4.56. The van der Waals surface area contributed by atoms with Gasteiger partial charge in [0.2, 0.25) is 11.8 Å². The highest BCUT2D eigenvalue weighted by Crippen LogP contribution is 2.14. The molecule has 2 amide bonds. The Morgan fingerprint density at radius 2 is 1.48 bits per heavy atom. The number of carbonyl (C=O) groups is 2. The zero-order chi connectivity index (χ0) is 18.7. The standard InChI is InChI=1S/C12H22N2O2.C8H11N/c13-11(15)7-3-4-8-12(16)14-9-5-1-2-6-10-14;1-6-4-3-5-7(2)8(6)9/h1-10H2,(H2,13,15);3-5H,9H2,1-2H3. The molecule has 5 heteroatoms. The second kappa shape index (κ2) is 11.5. The maximum atomic E-state index is 11.8. The van der Waals surface area contributed by atoms with Crippen molar-refractivity contribution in [2.24, 2.45) is 5.73 Å². The summed E-state index contributed by atoms with van der Waals surface area (Å²) >= 11 is 0. The van der Waals surface area contributed by atoms with Gasteiger partial charge in [0.1, 0.15) is 0 Å². The van der Waals surface area contributed by atoms with Crippen LogP contribution in [-0.2, 0) is 9.59 Å². The number of primary amides is 1. The van der Waals surface area contributed by atoms with Crippen LogP contribution in [0.3, 0.4) is 0 Å². The maximum Gasteiger partial charge on any atom is 0.222 e. The predicted molar refractivity (Wildman–Crippen MR) is 103 cm³/mol. The quantitative estimate of drug-likeness (QED) is 0.632. The van der Waals surface area contributed by atoms with Gasteiger partial charge >= 0.3 is 0 Å². The number of likely N-dealkylation sites (tertiary alicyclic amines) is 1. The summed E-state index contributed by atoms with van der Waals surface area (Å²) in [5.74, 6) is -0.0337. The summed E-state index contributed by atoms with van der Waals surface area (Å²) in [5.41, 5.74) is 14.0. The molecule has 25 heavy (non-hydrogen) atoms. The summed E-state index contributed by atoms with van der Waals surface area (Å²) in [6, 6.07) is 6.05. The predicted octanol–water partition coefficient (Wildman–Crippen LogP) is 3.32. The number of nitrogens with zero attached hydrogens (tertiary/aromatic N) is 1. The first kappa shape index (κ1) is 21.0. The van der Waals surface area contributed by atoms with Gasteiger partial charge in [-0.1, -0.05) is 31.0 Å². The molecule has 1 aliphatic heterocycles. The molecule has 0 bridgehead atoms. The first-order valence-corrected chi connectivity index (χ1v) is 9.29. The molecule has 5 nitrogen and oxygen atoms in total. The van der Waals surface area contributed by atoms with E-state index in [1.165, 1.54) is 12.8 Å². The van der Waals surface area contributed by atoms with Gasteiger partial charge in [0, 0.05) is 31.6 Å². The Bertz CT molecular complexity index is 530. The number of rotatable bonds is 5. The van der Waals surface area contributed by atoms with Crippen molar-refractivity contribution in [1.29, 1.82) is 0 Å². The van der Waals surface area contributed by atoms with Gasteiger partial charge in [0.25, 0.3) is 0 Å². The van der Waals surface area contributed by atoms with Gasteiger partial charge in [0.05, 0.1) is 0 Å². The fourth-order valence-electron chi connectivity index (χ4n) is 2.88. The minimum Gasteiger partial charge on any atom is -0.398 e. The van der Waals surface area contributed by atoms with E-state index in [0.717, 1.165) is 55.6 Å². The number of nitrogen functional groups attached to an aromatic ring is 1. The number of para-hydroxylation sites is 1. The molecule has 140 valence electrons. The molecule has 1 aromatic carbocycles. The molecule has 0 spiro atoms. The number of nitrogens with two attached hydrogens (primary N) is 2. The van der Waals surface area contributed by atoms with E-state index in [1.807, 2.05) is 36.9 Å². The normalized spacial score (nSPS) is 14.2. The molecule has 0 aromatic heterocycles. The number of unbranched alkanes of at least 4 members (excludes halogenated alkanes) is 1. The molecule has 0 unspecified atom stereocenters. The van der Waals surface area contributed by atoms with Crippen molar-refractivity contribution in [3.8, 4) is 0 Å². The third kappa shape index (κ3) is 8.57. The van der Waals surface area contributed by atoms with Crippen molar-refractivity contribution in [3.63, 3.8) is 0 Å². The van der Waals surface area contributed by atoms with E-state index in [2.05, 4.69) is 0 Å². The fraction of sp³-hybridized carbons (Fsp3) is 0.600. The molecular formula is C20H33N3O2. The average molecular weight is 348 g/mol. The summed E-state index contributed by atoms with van der Waals surface area (Å²) in [5, 5.41) is 0. The number of carbonyl (C=O) groups excluding carboxylic acids is 2. The monoisotopic (exact) mass is 347 g/mol. The molecule has 4 N–H and O–H groups in total. The summed E-state index contributed by atoms with van der Waals surface area (Å²) < 4.78 is 0. The van der Waals surface area contributed by atoms with E-state index in [1.54, 1.807) is 0 Å². The van der Waals surface area contributed by atoms with Gasteiger partial charge in [-0.3, -0.25) is 9.59 Å². The lowest BCUT2D eigenvalue weighted by Crippen LogP contribution is -2.31. The Hall–Kier alpha value is -2.04. The molecule has 1 heterocycles. The highest BCUT2D eigenvalue weighted by Gasteiger charge is 2.14. The van der Waals surface area contributed by atoms with E-state index in [-0.39, 0.29) is 11.8 Å². The van der Waals surface area contributed by atoms with Crippen molar-refractivity contribution >= 4 is 17.5 Å². The average Bonchev–Trinajstić information content (AvgIpc) is 2.86. The minimum atomic E-state index is -0.276. The van der Waals surface area contributed by atoms with Crippen molar-refractivity contribution in [2.45, 2.75) is 65.2 Å². The van der Waals surface area contributed by atoms with Crippen LogP contribution in [-0.4, -0.2) is 29.8 Å². The number of hydrogen-bond donors (Lipinski definition) is 2. The smallest absolute Gasteiger partial charge is 0.222 e. The third-order valence-corrected chi connectivity index (χ3v) is 4.56. The Labute approximate surface area is 151 Å². The minimum absolute atomic E-state index is 0.242. The first-order valence-electron chi connectivity index (χ1n) is 9.29. The van der Waals surface area contributed by atoms with Crippen LogP contribution in [0.15, 0.2) is 18.2 Å². The number of aryl methyl sites for hydroxylation is 2. The molecule has 0 radical (unpaired) electrons. The number of hydrogen-bond acceptors (Lipinski definition) is 3. The molecular weight excluding hydrogens is 314 g/mol. The summed E-state index contributed by atoms with van der Waals surface area (Å²) in [6.07, 6.45) is 7.21. The van der Waals surface area contributed by atoms with Crippen LogP contribution in [0.2, 0.25) is 0 Å². The van der Waals surface area contributed by atoms with Gasteiger partial charge < -0.3 is 16.4 Å². The van der Waals surface area contributed by atoms with E-state index in [4.69, 9.17) is 11.5 Å². The van der Waals surface area contributed by atoms with E-state index < -0.39 is 0 Å². The first-order chi connectivity index (χ1) is 11.9. The highest BCUT2D eigenvalue weighted by atomic mass is 16.2. The van der Waals surface area contributed by atoms with Crippen LogP contribution < -0.4 is 11.5 Å². The molecule has 2 rings (SSSR count). The summed E-state index contributed by atoms with van der Waals surface area (Å²) in [7, 11) is 0. The van der Waals surface area contributed by atoms with Crippen LogP contribution in [0.1, 0.15) is 62.5 Å². The van der Waals surface area contributed by atoms with Gasteiger partial charge in [-0.25, -0.2) is 0 Å². The Kier molecular flexibility index (Phi) is 9.66. The number of benzene rings is 1. The van der Waals surface area contributed by atoms with Gasteiger partial charge in [-0.2, -0.15) is 0 Å². The Balaban J connectivity index is 0.000000293. The van der Waals surface area contributed by atoms with E-state index in [9.17, 15) is 9.59 Å². The zero-order valence-electron chi connectivity index (χ0n) is 15.7.